The second-order valence-electron chi connectivity index (χ2n) is 3.48. The zero-order chi connectivity index (χ0) is 8.86. The highest BCUT2D eigenvalue weighted by atomic mass is 16.5. The molecule has 70 valence electrons. The van der Waals surface area contributed by atoms with Crippen molar-refractivity contribution < 1.29 is 9.47 Å². The molecular weight excluding hydrogens is 152 g/mol. The van der Waals surface area contributed by atoms with Crippen LogP contribution in [0.15, 0.2) is 12.7 Å². The van der Waals surface area contributed by atoms with Crippen LogP contribution in [0.4, 0.5) is 0 Å². The fourth-order valence-corrected chi connectivity index (χ4v) is 1.24. The Bertz CT molecular complexity index is 133. The van der Waals surface area contributed by atoms with Gasteiger partial charge in [0.05, 0.1) is 26.4 Å². The monoisotopic (exact) mass is 170 g/mol. The van der Waals surface area contributed by atoms with E-state index in [1.807, 2.05) is 6.08 Å². The lowest BCUT2D eigenvalue weighted by Crippen LogP contribution is -2.45. The summed E-state index contributed by atoms with van der Waals surface area (Å²) in [5.74, 6) is 0. The maximum Gasteiger partial charge on any atom is 0.0566 e. The van der Waals surface area contributed by atoms with Gasteiger partial charge in [0.2, 0.25) is 0 Å². The van der Waals surface area contributed by atoms with Crippen LogP contribution in [0.5, 0.6) is 0 Å². The van der Waals surface area contributed by atoms with Crippen molar-refractivity contribution in [2.45, 2.75) is 19.8 Å². The van der Waals surface area contributed by atoms with Crippen LogP contribution in [0.1, 0.15) is 19.8 Å². The third kappa shape index (κ3) is 2.32. The van der Waals surface area contributed by atoms with Crippen LogP contribution in [-0.2, 0) is 9.47 Å². The van der Waals surface area contributed by atoms with Crippen molar-refractivity contribution in [2.75, 3.05) is 26.4 Å². The maximum absolute atomic E-state index is 5.52. The third-order valence-electron chi connectivity index (χ3n) is 2.44. The predicted octanol–water partition coefficient (Wildman–Crippen LogP) is 2.01. The summed E-state index contributed by atoms with van der Waals surface area (Å²) in [4.78, 5) is 0. The zero-order valence-electron chi connectivity index (χ0n) is 7.84. The van der Waals surface area contributed by atoms with Crippen LogP contribution in [0.3, 0.4) is 0 Å². The molecule has 1 saturated heterocycles. The van der Waals surface area contributed by atoms with E-state index in [1.54, 1.807) is 0 Å². The maximum atomic E-state index is 5.52. The quantitative estimate of drug-likeness (QED) is 0.448. The van der Waals surface area contributed by atoms with Gasteiger partial charge in [-0.3, -0.25) is 0 Å². The van der Waals surface area contributed by atoms with E-state index in [4.69, 9.17) is 9.47 Å². The second kappa shape index (κ2) is 4.63. The molecule has 1 fully saturated rings. The fourth-order valence-electron chi connectivity index (χ4n) is 1.24. The third-order valence-corrected chi connectivity index (χ3v) is 2.44. The fraction of sp³-hybridized carbons (Fsp3) is 0.800. The predicted molar refractivity (Wildman–Crippen MR) is 49.2 cm³/mol. The molecule has 2 heteroatoms. The Balaban J connectivity index is 2.07. The van der Waals surface area contributed by atoms with E-state index < -0.39 is 0 Å². The van der Waals surface area contributed by atoms with Crippen LogP contribution in [-0.4, -0.2) is 26.4 Å². The van der Waals surface area contributed by atoms with Crippen LogP contribution < -0.4 is 0 Å². The molecule has 0 unspecified atom stereocenters. The van der Waals surface area contributed by atoms with Gasteiger partial charge in [-0.05, 0) is 12.8 Å². The van der Waals surface area contributed by atoms with E-state index in [-0.39, 0.29) is 0 Å². The minimum atomic E-state index is 0.334. The van der Waals surface area contributed by atoms with E-state index in [0.717, 1.165) is 39.3 Å². The molecule has 2 nitrogen and oxygen atoms in total. The molecule has 0 aromatic heterocycles. The molecule has 1 aliphatic rings. The van der Waals surface area contributed by atoms with Crippen molar-refractivity contribution in [3.63, 3.8) is 0 Å². The topological polar surface area (TPSA) is 18.5 Å². The molecule has 0 aromatic carbocycles. The smallest absolute Gasteiger partial charge is 0.0566 e. The highest BCUT2D eigenvalue weighted by Gasteiger charge is 2.36. The second-order valence-corrected chi connectivity index (χ2v) is 3.48. The van der Waals surface area contributed by atoms with Crippen molar-refractivity contribution in [1.29, 1.82) is 0 Å². The summed E-state index contributed by atoms with van der Waals surface area (Å²) in [6, 6.07) is 0. The van der Waals surface area contributed by atoms with E-state index >= 15 is 0 Å². The lowest BCUT2D eigenvalue weighted by molar-refractivity contribution is -0.149. The lowest BCUT2D eigenvalue weighted by Gasteiger charge is -2.40. The van der Waals surface area contributed by atoms with Crippen molar-refractivity contribution in [2.24, 2.45) is 5.41 Å². The molecule has 12 heavy (non-hydrogen) atoms. The number of rotatable bonds is 6. The van der Waals surface area contributed by atoms with E-state index in [1.165, 1.54) is 0 Å². The molecule has 0 spiro atoms. The Kier molecular flexibility index (Phi) is 3.76. The van der Waals surface area contributed by atoms with Gasteiger partial charge < -0.3 is 9.47 Å². The average Bonchev–Trinajstić information content (AvgIpc) is 2.02. The Labute approximate surface area is 74.6 Å². The van der Waals surface area contributed by atoms with Gasteiger partial charge in [-0.1, -0.05) is 13.0 Å². The van der Waals surface area contributed by atoms with Crippen LogP contribution >= 0.6 is 0 Å². The van der Waals surface area contributed by atoms with Gasteiger partial charge in [-0.15, -0.1) is 6.58 Å². The minimum absolute atomic E-state index is 0.334. The summed E-state index contributed by atoms with van der Waals surface area (Å²) in [6.45, 7) is 9.22. The highest BCUT2D eigenvalue weighted by Crippen LogP contribution is 2.31. The molecule has 1 aliphatic heterocycles. The molecule has 0 aromatic rings. The zero-order valence-corrected chi connectivity index (χ0v) is 7.84. The first kappa shape index (κ1) is 9.75. The summed E-state index contributed by atoms with van der Waals surface area (Å²) in [5, 5.41) is 0. The van der Waals surface area contributed by atoms with E-state index in [0.29, 0.717) is 5.41 Å². The summed E-state index contributed by atoms with van der Waals surface area (Å²) < 4.78 is 10.7. The summed E-state index contributed by atoms with van der Waals surface area (Å²) in [6.07, 6.45) is 3.98. The Hall–Kier alpha value is -0.340. The Morgan fingerprint density at radius 3 is 2.75 bits per heavy atom. The first-order chi connectivity index (χ1) is 5.83. The summed E-state index contributed by atoms with van der Waals surface area (Å²) >= 11 is 0. The molecule has 1 heterocycles. The van der Waals surface area contributed by atoms with Crippen LogP contribution in [0.2, 0.25) is 0 Å². The van der Waals surface area contributed by atoms with E-state index in [9.17, 15) is 0 Å². The first-order valence-corrected chi connectivity index (χ1v) is 4.59. The highest BCUT2D eigenvalue weighted by molar-refractivity contribution is 4.84. The molecular formula is C10H18O2. The molecule has 0 saturated carbocycles. The summed E-state index contributed by atoms with van der Waals surface area (Å²) in [5.41, 5.74) is 0.334. The van der Waals surface area contributed by atoms with Gasteiger partial charge >= 0.3 is 0 Å². The van der Waals surface area contributed by atoms with Gasteiger partial charge in [0.25, 0.3) is 0 Å². The van der Waals surface area contributed by atoms with E-state index in [2.05, 4.69) is 13.5 Å². The SMILES string of the molecule is C=CCCOCC1(CC)COC1. The minimum Gasteiger partial charge on any atom is -0.380 e. The van der Waals surface area contributed by atoms with Gasteiger partial charge in [0, 0.05) is 5.41 Å². The molecule has 0 radical (unpaired) electrons. The lowest BCUT2D eigenvalue weighted by atomic mass is 9.84. The number of ether oxygens (including phenoxy) is 2. The standard InChI is InChI=1S/C10H18O2/c1-3-5-6-11-7-10(4-2)8-12-9-10/h3H,1,4-9H2,2H3. The van der Waals surface area contributed by atoms with Crippen molar-refractivity contribution in [1.82, 2.24) is 0 Å². The average molecular weight is 170 g/mol. The number of hydrogen-bond donors (Lipinski definition) is 0. The van der Waals surface area contributed by atoms with Gasteiger partial charge in [-0.25, -0.2) is 0 Å². The van der Waals surface area contributed by atoms with Crippen molar-refractivity contribution in [3.05, 3.63) is 12.7 Å². The molecule has 0 aliphatic carbocycles. The van der Waals surface area contributed by atoms with Crippen LogP contribution in [0, 0.1) is 5.41 Å². The Morgan fingerprint density at radius 1 is 1.58 bits per heavy atom. The normalized spacial score (nSPS) is 20.1. The van der Waals surface area contributed by atoms with Gasteiger partial charge in [-0.2, -0.15) is 0 Å². The molecule has 0 atom stereocenters. The molecule has 0 amide bonds. The Morgan fingerprint density at radius 2 is 2.33 bits per heavy atom. The molecule has 0 N–H and O–H groups in total. The first-order valence-electron chi connectivity index (χ1n) is 4.59. The number of hydrogen-bond acceptors (Lipinski definition) is 2. The van der Waals surface area contributed by atoms with Crippen molar-refractivity contribution >= 4 is 0 Å². The summed E-state index contributed by atoms with van der Waals surface area (Å²) in [7, 11) is 0. The molecule has 0 bridgehead atoms. The van der Waals surface area contributed by atoms with Crippen LogP contribution in [0.25, 0.3) is 0 Å². The largest absolute Gasteiger partial charge is 0.380 e. The van der Waals surface area contributed by atoms with Crippen molar-refractivity contribution in [3.8, 4) is 0 Å². The van der Waals surface area contributed by atoms with Gasteiger partial charge in [0.15, 0.2) is 0 Å². The van der Waals surface area contributed by atoms with Gasteiger partial charge in [0.1, 0.15) is 0 Å². The molecule has 1 rings (SSSR count).